The number of carbonyl (C=O) groups is 1. The Morgan fingerprint density at radius 2 is 1.81 bits per heavy atom. The van der Waals surface area contributed by atoms with E-state index in [1.54, 1.807) is 17.0 Å². The third-order valence-electron chi connectivity index (χ3n) is 4.07. The molecule has 0 unspecified atom stereocenters. The number of rotatable bonds is 4. The predicted octanol–water partition coefficient (Wildman–Crippen LogP) is 3.07. The van der Waals surface area contributed by atoms with Crippen molar-refractivity contribution in [3.63, 3.8) is 0 Å². The number of hydrogen-bond donors (Lipinski definition) is 0. The van der Waals surface area contributed by atoms with Crippen molar-refractivity contribution in [2.45, 2.75) is 12.3 Å². The highest BCUT2D eigenvalue weighted by Gasteiger charge is 2.35. The molecule has 1 amide bonds. The van der Waals surface area contributed by atoms with Crippen LogP contribution in [0.25, 0.3) is 0 Å². The van der Waals surface area contributed by atoms with Crippen LogP contribution in [-0.2, 0) is 6.18 Å². The Morgan fingerprint density at radius 1 is 1.15 bits per heavy atom. The fourth-order valence-corrected chi connectivity index (χ4v) is 2.57. The molecule has 2 aromatic rings. The molecule has 0 radical (unpaired) electrons. The zero-order valence-corrected chi connectivity index (χ0v) is 14.3. The zero-order chi connectivity index (χ0) is 18.9. The lowest BCUT2D eigenvalue weighted by atomic mass is 10.1. The first-order valence-corrected chi connectivity index (χ1v) is 8.01. The van der Waals surface area contributed by atoms with Gasteiger partial charge in [-0.2, -0.15) is 13.2 Å². The number of halogens is 3. The number of anilines is 1. The van der Waals surface area contributed by atoms with E-state index in [1.165, 1.54) is 12.1 Å². The number of carbonyl (C=O) groups excluding carboxylic acids is 1. The second kappa shape index (κ2) is 6.86. The number of likely N-dealkylation sites (tertiary alicyclic amines) is 1. The Hall–Kier alpha value is -2.77. The monoisotopic (exact) mass is 365 g/mol. The summed E-state index contributed by atoms with van der Waals surface area (Å²) in [4.78, 5) is 19.4. The maximum Gasteiger partial charge on any atom is 0.433 e. The quantitative estimate of drug-likeness (QED) is 0.836. The minimum atomic E-state index is -4.51. The normalized spacial score (nSPS) is 14.7. The molecule has 1 aliphatic heterocycles. The van der Waals surface area contributed by atoms with Crippen LogP contribution in [0.1, 0.15) is 16.1 Å². The third-order valence-corrected chi connectivity index (χ3v) is 4.07. The summed E-state index contributed by atoms with van der Waals surface area (Å²) in [7, 11) is 3.83. The molecule has 26 heavy (non-hydrogen) atoms. The summed E-state index contributed by atoms with van der Waals surface area (Å²) >= 11 is 0. The van der Waals surface area contributed by atoms with Crippen LogP contribution in [0.2, 0.25) is 0 Å². The number of amides is 1. The summed E-state index contributed by atoms with van der Waals surface area (Å²) in [6, 6.07) is 10.7. The van der Waals surface area contributed by atoms with Crippen LogP contribution in [0.15, 0.2) is 42.5 Å². The molecule has 138 valence electrons. The van der Waals surface area contributed by atoms with E-state index in [0.717, 1.165) is 11.8 Å². The third kappa shape index (κ3) is 3.89. The highest BCUT2D eigenvalue weighted by atomic mass is 19.4. The molecule has 1 aromatic heterocycles. The lowest BCUT2D eigenvalue weighted by molar-refractivity contribution is -0.141. The van der Waals surface area contributed by atoms with Crippen molar-refractivity contribution in [3.05, 3.63) is 53.7 Å². The van der Waals surface area contributed by atoms with Gasteiger partial charge >= 0.3 is 6.18 Å². The van der Waals surface area contributed by atoms with E-state index in [2.05, 4.69) is 4.98 Å². The topological polar surface area (TPSA) is 45.7 Å². The summed E-state index contributed by atoms with van der Waals surface area (Å²) in [5, 5.41) is 0. The highest BCUT2D eigenvalue weighted by molar-refractivity contribution is 5.95. The van der Waals surface area contributed by atoms with Crippen molar-refractivity contribution in [2.75, 3.05) is 32.1 Å². The Morgan fingerprint density at radius 3 is 2.38 bits per heavy atom. The lowest BCUT2D eigenvalue weighted by Gasteiger charge is -2.38. The largest absolute Gasteiger partial charge is 0.471 e. The number of aromatic nitrogens is 1. The van der Waals surface area contributed by atoms with Gasteiger partial charge in [0.25, 0.3) is 5.91 Å². The molecule has 3 rings (SSSR count). The van der Waals surface area contributed by atoms with Crippen molar-refractivity contribution >= 4 is 11.6 Å². The standard InChI is InChI=1S/C18H18F3N3O2/c1-23(2)13-8-6-12(7-9-13)17(25)24-10-14(11-24)26-16-5-3-4-15(22-16)18(19,20)21/h3-9,14H,10-11H2,1-2H3. The molecule has 1 aliphatic rings. The molecule has 0 spiro atoms. The molecule has 1 saturated heterocycles. The predicted molar refractivity (Wildman–Crippen MR) is 90.3 cm³/mol. The molecule has 2 heterocycles. The number of hydrogen-bond acceptors (Lipinski definition) is 4. The summed E-state index contributed by atoms with van der Waals surface area (Å²) in [6.07, 6.45) is -4.88. The smallest absolute Gasteiger partial charge is 0.433 e. The average molecular weight is 365 g/mol. The minimum absolute atomic E-state index is 0.0905. The van der Waals surface area contributed by atoms with Crippen LogP contribution >= 0.6 is 0 Å². The van der Waals surface area contributed by atoms with Gasteiger partial charge in [0.05, 0.1) is 13.1 Å². The number of alkyl halides is 3. The van der Waals surface area contributed by atoms with Crippen LogP contribution < -0.4 is 9.64 Å². The first-order valence-electron chi connectivity index (χ1n) is 8.01. The van der Waals surface area contributed by atoms with Crippen LogP contribution in [0.3, 0.4) is 0 Å². The second-order valence-corrected chi connectivity index (χ2v) is 6.25. The van der Waals surface area contributed by atoms with E-state index in [-0.39, 0.29) is 17.9 Å². The first-order chi connectivity index (χ1) is 12.2. The van der Waals surface area contributed by atoms with Gasteiger partial charge in [-0.25, -0.2) is 4.98 Å². The van der Waals surface area contributed by atoms with Gasteiger partial charge in [0, 0.05) is 31.4 Å². The van der Waals surface area contributed by atoms with Gasteiger partial charge in [0.2, 0.25) is 5.88 Å². The van der Waals surface area contributed by atoms with Crippen LogP contribution in [-0.4, -0.2) is 49.1 Å². The van der Waals surface area contributed by atoms with Gasteiger partial charge in [-0.15, -0.1) is 0 Å². The highest BCUT2D eigenvalue weighted by Crippen LogP contribution is 2.29. The summed E-state index contributed by atoms with van der Waals surface area (Å²) in [6.45, 7) is 0.623. The molecule has 0 saturated carbocycles. The van der Waals surface area contributed by atoms with Crippen molar-refractivity contribution in [1.29, 1.82) is 0 Å². The van der Waals surface area contributed by atoms with Crippen LogP contribution in [0.4, 0.5) is 18.9 Å². The maximum absolute atomic E-state index is 12.7. The Kier molecular flexibility index (Phi) is 4.76. The Labute approximate surface area is 149 Å². The fraction of sp³-hybridized carbons (Fsp3) is 0.333. The summed E-state index contributed by atoms with van der Waals surface area (Å²) < 4.78 is 43.4. The molecule has 0 atom stereocenters. The van der Waals surface area contributed by atoms with Gasteiger partial charge < -0.3 is 14.5 Å². The van der Waals surface area contributed by atoms with E-state index in [0.29, 0.717) is 18.7 Å². The molecule has 8 heteroatoms. The average Bonchev–Trinajstić information content (AvgIpc) is 2.57. The Bertz CT molecular complexity index is 785. The fourth-order valence-electron chi connectivity index (χ4n) is 2.57. The van der Waals surface area contributed by atoms with Gasteiger partial charge in [-0.3, -0.25) is 4.79 Å². The summed E-state index contributed by atoms with van der Waals surface area (Å²) in [5.74, 6) is -0.223. The maximum atomic E-state index is 12.7. The SMILES string of the molecule is CN(C)c1ccc(C(=O)N2CC(Oc3cccc(C(F)(F)F)n3)C2)cc1. The molecule has 1 aromatic carbocycles. The molecule has 0 bridgehead atoms. The number of benzene rings is 1. The van der Waals surface area contributed by atoms with E-state index in [4.69, 9.17) is 4.74 Å². The molecule has 0 aliphatic carbocycles. The van der Waals surface area contributed by atoms with E-state index >= 15 is 0 Å². The van der Waals surface area contributed by atoms with Crippen molar-refractivity contribution < 1.29 is 22.7 Å². The Balaban J connectivity index is 1.56. The van der Waals surface area contributed by atoms with E-state index < -0.39 is 11.9 Å². The van der Waals surface area contributed by atoms with Crippen molar-refractivity contribution in [3.8, 4) is 5.88 Å². The molecule has 0 N–H and O–H groups in total. The second-order valence-electron chi connectivity index (χ2n) is 6.25. The molecule has 1 fully saturated rings. The number of nitrogens with zero attached hydrogens (tertiary/aromatic N) is 3. The molecule has 5 nitrogen and oxygen atoms in total. The van der Waals surface area contributed by atoms with Gasteiger partial charge in [0.15, 0.2) is 0 Å². The van der Waals surface area contributed by atoms with Crippen LogP contribution in [0.5, 0.6) is 5.88 Å². The van der Waals surface area contributed by atoms with Gasteiger partial charge in [-0.05, 0) is 30.3 Å². The van der Waals surface area contributed by atoms with Crippen molar-refractivity contribution in [2.24, 2.45) is 0 Å². The minimum Gasteiger partial charge on any atom is -0.471 e. The number of ether oxygens (including phenoxy) is 1. The number of pyridine rings is 1. The summed E-state index contributed by atoms with van der Waals surface area (Å²) in [5.41, 5.74) is 0.552. The zero-order valence-electron chi connectivity index (χ0n) is 14.3. The molecular weight excluding hydrogens is 347 g/mol. The van der Waals surface area contributed by atoms with Crippen molar-refractivity contribution in [1.82, 2.24) is 9.88 Å². The van der Waals surface area contributed by atoms with Gasteiger partial charge in [0.1, 0.15) is 11.8 Å². The first kappa shape index (κ1) is 18.0. The van der Waals surface area contributed by atoms with E-state index in [1.807, 2.05) is 31.1 Å². The lowest BCUT2D eigenvalue weighted by Crippen LogP contribution is -2.56. The molecular formula is C18H18F3N3O2. The van der Waals surface area contributed by atoms with Gasteiger partial charge in [-0.1, -0.05) is 6.07 Å². The van der Waals surface area contributed by atoms with Crippen LogP contribution in [0, 0.1) is 0 Å². The van der Waals surface area contributed by atoms with E-state index in [9.17, 15) is 18.0 Å².